The van der Waals surface area contributed by atoms with Gasteiger partial charge in [-0.25, -0.2) is 4.79 Å². The summed E-state index contributed by atoms with van der Waals surface area (Å²) in [6.45, 7) is 23.9. The van der Waals surface area contributed by atoms with Crippen LogP contribution < -0.4 is 0 Å². The van der Waals surface area contributed by atoms with E-state index in [0.717, 1.165) is 11.6 Å². The minimum atomic E-state index is -1.03. The van der Waals surface area contributed by atoms with Crippen LogP contribution >= 0.6 is 0 Å². The molecule has 3 nitrogen and oxygen atoms in total. The second kappa shape index (κ2) is 6.68. The van der Waals surface area contributed by atoms with Gasteiger partial charge in [0.2, 0.25) is 0 Å². The first-order valence-electron chi connectivity index (χ1n) is 7.90. The van der Waals surface area contributed by atoms with Crippen molar-refractivity contribution in [1.29, 1.82) is 0 Å². The van der Waals surface area contributed by atoms with Crippen LogP contribution in [-0.2, 0) is 4.79 Å². The second-order valence-corrected chi connectivity index (χ2v) is 7.53. The van der Waals surface area contributed by atoms with Gasteiger partial charge in [-0.3, -0.25) is 0 Å². The highest BCUT2D eigenvalue weighted by atomic mass is 16.4. The van der Waals surface area contributed by atoms with Gasteiger partial charge in [-0.05, 0) is 17.9 Å². The largest absolute Gasteiger partial charge is 0.511 e. The summed E-state index contributed by atoms with van der Waals surface area (Å²) < 4.78 is 0. The van der Waals surface area contributed by atoms with Crippen LogP contribution in [-0.4, -0.2) is 16.2 Å². The molecular weight excluding hydrogens is 300 g/mol. The molecule has 0 heterocycles. The van der Waals surface area contributed by atoms with E-state index in [1.165, 1.54) is 0 Å². The van der Waals surface area contributed by atoms with Crippen LogP contribution in [0.1, 0.15) is 27.7 Å². The molecule has 0 aromatic carbocycles. The lowest BCUT2D eigenvalue weighted by Crippen LogP contribution is -2.35. The summed E-state index contributed by atoms with van der Waals surface area (Å²) in [4.78, 5) is 10.9. The van der Waals surface area contributed by atoms with Crippen LogP contribution in [0.3, 0.4) is 0 Å². The molecule has 1 aliphatic carbocycles. The Kier molecular flexibility index (Phi) is 5.50. The molecule has 0 saturated heterocycles. The summed E-state index contributed by atoms with van der Waals surface area (Å²) in [5, 5.41) is 20.0. The summed E-state index contributed by atoms with van der Waals surface area (Å²) in [5.41, 5.74) is 1.05. The zero-order chi connectivity index (χ0) is 18.9. The van der Waals surface area contributed by atoms with Gasteiger partial charge >= 0.3 is 5.97 Å². The first-order valence-corrected chi connectivity index (χ1v) is 7.90. The Balaban J connectivity index is 3.70. The van der Waals surface area contributed by atoms with E-state index >= 15 is 0 Å². The highest BCUT2D eigenvalue weighted by Crippen LogP contribution is 2.52. The zero-order valence-electron chi connectivity index (χ0n) is 15.1. The number of aliphatic hydroxyl groups is 1. The molecule has 3 heteroatoms. The Bertz CT molecular complexity index is 645. The number of carboxylic acids is 1. The van der Waals surface area contributed by atoms with Gasteiger partial charge in [0, 0.05) is 28.9 Å². The van der Waals surface area contributed by atoms with Gasteiger partial charge in [0.25, 0.3) is 0 Å². The second-order valence-electron chi connectivity index (χ2n) is 7.53. The highest BCUT2D eigenvalue weighted by molar-refractivity contribution is 5.80. The molecule has 0 fully saturated rings. The van der Waals surface area contributed by atoms with Gasteiger partial charge in [0.15, 0.2) is 0 Å². The van der Waals surface area contributed by atoms with Crippen LogP contribution in [0.25, 0.3) is 0 Å². The van der Waals surface area contributed by atoms with Crippen LogP contribution in [0.5, 0.6) is 0 Å². The standard InChI is InChI=1S/C21H28O3/c1-9-21(8,10-2)18-14(4)15(11-12-16(22)23)13(3)17(19(18)24)20(5,6)7/h9-12,15,17,24H,1-4H2,5-8H3,(H,22,23). The van der Waals surface area contributed by atoms with Crippen LogP contribution in [0.4, 0.5) is 0 Å². The third-order valence-corrected chi connectivity index (χ3v) is 4.68. The average molecular weight is 328 g/mol. The number of hydrogen-bond acceptors (Lipinski definition) is 2. The van der Waals surface area contributed by atoms with Gasteiger partial charge in [-0.2, -0.15) is 0 Å². The Labute approximate surface area is 145 Å². The summed E-state index contributed by atoms with van der Waals surface area (Å²) in [7, 11) is 0. The Hall–Kier alpha value is -2.29. The molecule has 0 amide bonds. The van der Waals surface area contributed by atoms with Gasteiger partial charge in [-0.1, -0.05) is 57.7 Å². The molecule has 2 atom stereocenters. The van der Waals surface area contributed by atoms with Crippen molar-refractivity contribution in [2.75, 3.05) is 0 Å². The fourth-order valence-corrected chi connectivity index (χ4v) is 3.34. The van der Waals surface area contributed by atoms with Crippen molar-refractivity contribution in [1.82, 2.24) is 0 Å². The zero-order valence-corrected chi connectivity index (χ0v) is 15.1. The SMILES string of the molecule is C=CC(C)(C=C)C1=C(O)C(C(C)(C)C)C(=C)C(C=CC(=O)O)C1=C. The van der Waals surface area contributed by atoms with Gasteiger partial charge in [-0.15, -0.1) is 13.2 Å². The maximum atomic E-state index is 11.0. The van der Waals surface area contributed by atoms with Gasteiger partial charge in [0.1, 0.15) is 5.76 Å². The first-order chi connectivity index (χ1) is 10.9. The summed E-state index contributed by atoms with van der Waals surface area (Å²) in [5.74, 6) is -1.51. The van der Waals surface area contributed by atoms with E-state index in [2.05, 4.69) is 26.3 Å². The third kappa shape index (κ3) is 3.45. The summed E-state index contributed by atoms with van der Waals surface area (Å²) in [6, 6.07) is 0. The van der Waals surface area contributed by atoms with Crippen molar-refractivity contribution >= 4 is 5.97 Å². The number of carboxylic acid groups (broad SMARTS) is 1. The minimum absolute atomic E-state index is 0.208. The first kappa shape index (κ1) is 19.8. The monoisotopic (exact) mass is 328 g/mol. The number of aliphatic carboxylic acids is 1. The van der Waals surface area contributed by atoms with E-state index in [1.807, 2.05) is 27.7 Å². The third-order valence-electron chi connectivity index (χ3n) is 4.68. The number of hydrogen-bond donors (Lipinski definition) is 2. The topological polar surface area (TPSA) is 57.5 Å². The lowest BCUT2D eigenvalue weighted by molar-refractivity contribution is -0.131. The van der Waals surface area contributed by atoms with Crippen molar-refractivity contribution in [3.63, 3.8) is 0 Å². The van der Waals surface area contributed by atoms with Crippen molar-refractivity contribution in [2.24, 2.45) is 22.7 Å². The fourth-order valence-electron chi connectivity index (χ4n) is 3.34. The van der Waals surface area contributed by atoms with E-state index < -0.39 is 11.4 Å². The molecule has 0 spiro atoms. The minimum Gasteiger partial charge on any atom is -0.511 e. The van der Waals surface area contributed by atoms with Crippen molar-refractivity contribution < 1.29 is 15.0 Å². The van der Waals surface area contributed by atoms with Crippen LogP contribution in [0.2, 0.25) is 0 Å². The maximum absolute atomic E-state index is 11.0. The van der Waals surface area contributed by atoms with Crippen molar-refractivity contribution in [3.8, 4) is 0 Å². The van der Waals surface area contributed by atoms with Crippen LogP contribution in [0, 0.1) is 22.7 Å². The molecule has 24 heavy (non-hydrogen) atoms. The van der Waals surface area contributed by atoms with E-state index in [4.69, 9.17) is 5.11 Å². The lowest BCUT2D eigenvalue weighted by Gasteiger charge is -2.44. The average Bonchev–Trinajstić information content (AvgIpc) is 2.44. The van der Waals surface area contributed by atoms with Crippen molar-refractivity contribution in [2.45, 2.75) is 27.7 Å². The normalized spacial score (nSPS) is 22.8. The quantitative estimate of drug-likeness (QED) is 0.537. The van der Waals surface area contributed by atoms with E-state index in [0.29, 0.717) is 11.1 Å². The summed E-state index contributed by atoms with van der Waals surface area (Å²) in [6.07, 6.45) is 6.09. The van der Waals surface area contributed by atoms with Crippen molar-refractivity contribution in [3.05, 3.63) is 73.1 Å². The van der Waals surface area contributed by atoms with Crippen LogP contribution in [0.15, 0.2) is 73.1 Å². The molecule has 130 valence electrons. The summed E-state index contributed by atoms with van der Waals surface area (Å²) >= 11 is 0. The predicted molar refractivity (Wildman–Crippen MR) is 99.6 cm³/mol. The molecule has 2 unspecified atom stereocenters. The Morgan fingerprint density at radius 3 is 2.00 bits per heavy atom. The van der Waals surface area contributed by atoms with E-state index in [1.54, 1.807) is 18.2 Å². The number of allylic oxidation sites excluding steroid dienone is 6. The fraction of sp³-hybridized carbons (Fsp3) is 0.381. The molecule has 0 bridgehead atoms. The molecule has 0 aromatic rings. The van der Waals surface area contributed by atoms with E-state index in [-0.39, 0.29) is 23.0 Å². The smallest absolute Gasteiger partial charge is 0.328 e. The predicted octanol–water partition coefficient (Wildman–Crippen LogP) is 5.22. The number of aliphatic hydroxyl groups excluding tert-OH is 1. The Morgan fingerprint density at radius 2 is 1.62 bits per heavy atom. The van der Waals surface area contributed by atoms with Gasteiger partial charge in [0.05, 0.1) is 0 Å². The molecule has 0 aromatic heterocycles. The molecule has 0 saturated carbocycles. The van der Waals surface area contributed by atoms with E-state index in [9.17, 15) is 9.90 Å². The number of carbonyl (C=O) groups is 1. The molecular formula is C21H28O3. The number of rotatable bonds is 5. The van der Waals surface area contributed by atoms with Gasteiger partial charge < -0.3 is 10.2 Å². The molecule has 0 radical (unpaired) electrons. The molecule has 1 rings (SSSR count). The highest BCUT2D eigenvalue weighted by Gasteiger charge is 2.44. The molecule has 0 aliphatic heterocycles. The Morgan fingerprint density at radius 1 is 1.12 bits per heavy atom. The maximum Gasteiger partial charge on any atom is 0.328 e. The lowest BCUT2D eigenvalue weighted by atomic mass is 9.61. The molecule has 2 N–H and O–H groups in total. The molecule has 1 aliphatic rings.